The lowest BCUT2D eigenvalue weighted by molar-refractivity contribution is 0.525. The summed E-state index contributed by atoms with van der Waals surface area (Å²) in [5.41, 5.74) is 8.22. The third-order valence-corrected chi connectivity index (χ3v) is 3.35. The smallest absolute Gasteiger partial charge is 0.0596 e. The van der Waals surface area contributed by atoms with Gasteiger partial charge in [0.15, 0.2) is 0 Å². The summed E-state index contributed by atoms with van der Waals surface area (Å²) in [6.45, 7) is 6.00. The second-order valence-corrected chi connectivity index (χ2v) is 4.95. The lowest BCUT2D eigenvalue weighted by Gasteiger charge is -2.18. The van der Waals surface area contributed by atoms with Crippen molar-refractivity contribution in [2.75, 3.05) is 0 Å². The topological polar surface area (TPSA) is 68.8 Å². The standard InChI is InChI=1S/C14H21N5/c1-9-5-6-13(11(3)16-9)14(17-15)8-12-7-10(2)18-19(12)4/h5-7,14,17H,8,15H2,1-4H3. The van der Waals surface area contributed by atoms with Crippen LogP contribution in [0.25, 0.3) is 0 Å². The largest absolute Gasteiger partial charge is 0.272 e. The zero-order valence-electron chi connectivity index (χ0n) is 11.9. The summed E-state index contributed by atoms with van der Waals surface area (Å²) >= 11 is 0. The van der Waals surface area contributed by atoms with Crippen LogP contribution in [0.3, 0.4) is 0 Å². The van der Waals surface area contributed by atoms with Crippen LogP contribution in [0.15, 0.2) is 18.2 Å². The maximum absolute atomic E-state index is 5.71. The second-order valence-electron chi connectivity index (χ2n) is 4.95. The Morgan fingerprint density at radius 1 is 1.26 bits per heavy atom. The Balaban J connectivity index is 2.27. The highest BCUT2D eigenvalue weighted by Crippen LogP contribution is 2.20. The molecule has 0 bridgehead atoms. The van der Waals surface area contributed by atoms with Crippen molar-refractivity contribution in [2.45, 2.75) is 33.2 Å². The number of pyridine rings is 1. The molecule has 2 heterocycles. The lowest BCUT2D eigenvalue weighted by Crippen LogP contribution is -2.30. The van der Waals surface area contributed by atoms with Crippen molar-refractivity contribution >= 4 is 0 Å². The first-order valence-corrected chi connectivity index (χ1v) is 6.41. The molecule has 3 N–H and O–H groups in total. The number of aromatic nitrogens is 3. The van der Waals surface area contributed by atoms with Crippen molar-refractivity contribution in [2.24, 2.45) is 12.9 Å². The van der Waals surface area contributed by atoms with Crippen LogP contribution in [-0.2, 0) is 13.5 Å². The number of nitrogens with two attached hydrogens (primary N) is 1. The van der Waals surface area contributed by atoms with Crippen molar-refractivity contribution in [3.05, 3.63) is 46.5 Å². The Morgan fingerprint density at radius 3 is 2.53 bits per heavy atom. The van der Waals surface area contributed by atoms with E-state index >= 15 is 0 Å². The van der Waals surface area contributed by atoms with Gasteiger partial charge in [-0.2, -0.15) is 5.10 Å². The van der Waals surface area contributed by atoms with Gasteiger partial charge in [-0.3, -0.25) is 20.9 Å². The molecule has 5 heteroatoms. The van der Waals surface area contributed by atoms with Gasteiger partial charge in [-0.25, -0.2) is 0 Å². The predicted octanol–water partition coefficient (Wildman–Crippen LogP) is 1.49. The first kappa shape index (κ1) is 13.7. The number of hydrogen-bond acceptors (Lipinski definition) is 4. The average Bonchev–Trinajstić information content (AvgIpc) is 2.65. The first-order valence-electron chi connectivity index (χ1n) is 6.41. The maximum Gasteiger partial charge on any atom is 0.0596 e. The molecule has 2 aromatic rings. The second kappa shape index (κ2) is 5.50. The summed E-state index contributed by atoms with van der Waals surface area (Å²) < 4.78 is 1.90. The Morgan fingerprint density at radius 2 is 2.00 bits per heavy atom. The van der Waals surface area contributed by atoms with E-state index in [9.17, 15) is 0 Å². The van der Waals surface area contributed by atoms with Gasteiger partial charge in [0.05, 0.1) is 11.7 Å². The van der Waals surface area contributed by atoms with E-state index in [1.54, 1.807) is 0 Å². The van der Waals surface area contributed by atoms with E-state index in [1.165, 1.54) is 0 Å². The molecular weight excluding hydrogens is 238 g/mol. The molecule has 0 radical (unpaired) electrons. The van der Waals surface area contributed by atoms with Gasteiger partial charge in [-0.05, 0) is 38.5 Å². The molecule has 0 aliphatic rings. The molecular formula is C14H21N5. The van der Waals surface area contributed by atoms with E-state index in [2.05, 4.69) is 27.6 Å². The molecule has 0 aliphatic carbocycles. The summed E-state index contributed by atoms with van der Waals surface area (Å²) in [5, 5.41) is 4.36. The van der Waals surface area contributed by atoms with Crippen LogP contribution in [0.1, 0.15) is 34.4 Å². The molecule has 0 saturated carbocycles. The highest BCUT2D eigenvalue weighted by molar-refractivity contribution is 5.26. The van der Waals surface area contributed by atoms with Crippen molar-refractivity contribution in [1.82, 2.24) is 20.2 Å². The van der Waals surface area contributed by atoms with Gasteiger partial charge in [0.1, 0.15) is 0 Å². The summed E-state index contributed by atoms with van der Waals surface area (Å²) in [5.74, 6) is 5.71. The molecule has 2 aromatic heterocycles. The van der Waals surface area contributed by atoms with Gasteiger partial charge in [0.25, 0.3) is 0 Å². The monoisotopic (exact) mass is 259 g/mol. The average molecular weight is 259 g/mol. The fourth-order valence-electron chi connectivity index (χ4n) is 2.39. The van der Waals surface area contributed by atoms with Crippen LogP contribution < -0.4 is 11.3 Å². The Hall–Kier alpha value is -1.72. The van der Waals surface area contributed by atoms with Gasteiger partial charge < -0.3 is 0 Å². The predicted molar refractivity (Wildman–Crippen MR) is 75.4 cm³/mol. The quantitative estimate of drug-likeness (QED) is 0.645. The van der Waals surface area contributed by atoms with E-state index < -0.39 is 0 Å². The highest BCUT2D eigenvalue weighted by atomic mass is 15.3. The normalized spacial score (nSPS) is 12.7. The van der Waals surface area contributed by atoms with E-state index in [4.69, 9.17) is 5.84 Å². The molecule has 0 amide bonds. The number of rotatable bonds is 4. The van der Waals surface area contributed by atoms with E-state index in [0.29, 0.717) is 0 Å². The number of aryl methyl sites for hydroxylation is 4. The highest BCUT2D eigenvalue weighted by Gasteiger charge is 2.16. The molecule has 0 fully saturated rings. The number of hydrogen-bond donors (Lipinski definition) is 2. The molecule has 0 aromatic carbocycles. The number of hydrazine groups is 1. The molecule has 19 heavy (non-hydrogen) atoms. The minimum atomic E-state index is 0.0444. The van der Waals surface area contributed by atoms with E-state index in [0.717, 1.165) is 34.8 Å². The fraction of sp³-hybridized carbons (Fsp3) is 0.429. The van der Waals surface area contributed by atoms with Crippen molar-refractivity contribution in [1.29, 1.82) is 0 Å². The van der Waals surface area contributed by atoms with E-state index in [-0.39, 0.29) is 6.04 Å². The molecule has 5 nitrogen and oxygen atoms in total. The molecule has 2 rings (SSSR count). The Kier molecular flexibility index (Phi) is 3.97. The molecule has 0 saturated heterocycles. The van der Waals surface area contributed by atoms with Gasteiger partial charge in [0, 0.05) is 30.6 Å². The third-order valence-electron chi connectivity index (χ3n) is 3.35. The van der Waals surface area contributed by atoms with Gasteiger partial charge >= 0.3 is 0 Å². The molecule has 1 atom stereocenters. The minimum absolute atomic E-state index is 0.0444. The summed E-state index contributed by atoms with van der Waals surface area (Å²) in [6, 6.07) is 6.23. The first-order chi connectivity index (χ1) is 9.01. The molecule has 1 unspecified atom stereocenters. The van der Waals surface area contributed by atoms with Crippen molar-refractivity contribution < 1.29 is 0 Å². The van der Waals surface area contributed by atoms with Crippen LogP contribution in [0.2, 0.25) is 0 Å². The van der Waals surface area contributed by atoms with Crippen LogP contribution in [0.5, 0.6) is 0 Å². The third kappa shape index (κ3) is 3.00. The van der Waals surface area contributed by atoms with Gasteiger partial charge in [-0.15, -0.1) is 0 Å². The fourth-order valence-corrected chi connectivity index (χ4v) is 2.39. The van der Waals surface area contributed by atoms with Gasteiger partial charge in [-0.1, -0.05) is 6.07 Å². The van der Waals surface area contributed by atoms with Gasteiger partial charge in [0.2, 0.25) is 0 Å². The zero-order valence-corrected chi connectivity index (χ0v) is 11.9. The van der Waals surface area contributed by atoms with Crippen molar-refractivity contribution in [3.63, 3.8) is 0 Å². The molecule has 102 valence electrons. The van der Waals surface area contributed by atoms with Crippen molar-refractivity contribution in [3.8, 4) is 0 Å². The molecule has 0 aliphatic heterocycles. The SMILES string of the molecule is Cc1ccc(C(Cc2cc(C)nn2C)NN)c(C)n1. The Bertz CT molecular complexity index is 573. The molecule has 0 spiro atoms. The van der Waals surface area contributed by atoms with Crippen LogP contribution in [0.4, 0.5) is 0 Å². The number of nitrogens with zero attached hydrogens (tertiary/aromatic N) is 3. The lowest BCUT2D eigenvalue weighted by atomic mass is 10.0. The van der Waals surface area contributed by atoms with E-state index in [1.807, 2.05) is 38.6 Å². The zero-order chi connectivity index (χ0) is 14.0. The summed E-state index contributed by atoms with van der Waals surface area (Å²) in [6.07, 6.45) is 0.791. The van der Waals surface area contributed by atoms with Crippen LogP contribution in [-0.4, -0.2) is 14.8 Å². The summed E-state index contributed by atoms with van der Waals surface area (Å²) in [7, 11) is 1.95. The minimum Gasteiger partial charge on any atom is -0.272 e. The van der Waals surface area contributed by atoms with Crippen LogP contribution in [0, 0.1) is 20.8 Å². The maximum atomic E-state index is 5.71. The number of nitrogens with one attached hydrogen (secondary N) is 1. The summed E-state index contributed by atoms with van der Waals surface area (Å²) in [4.78, 5) is 4.49. The Labute approximate surface area is 113 Å². The van der Waals surface area contributed by atoms with Crippen LogP contribution >= 0.6 is 0 Å².